The van der Waals surface area contributed by atoms with Crippen LogP contribution in [0.15, 0.2) is 24.3 Å². The first kappa shape index (κ1) is 14.7. The van der Waals surface area contributed by atoms with Gasteiger partial charge in [0.05, 0.1) is 5.02 Å². The smallest absolute Gasteiger partial charge is 0.193 e. The predicted octanol–water partition coefficient (Wildman–Crippen LogP) is 4.94. The molecule has 0 heterocycles. The van der Waals surface area contributed by atoms with Gasteiger partial charge in [-0.1, -0.05) is 17.7 Å². The van der Waals surface area contributed by atoms with Crippen LogP contribution < -0.4 is 0 Å². The molecule has 0 unspecified atom stereocenters. The van der Waals surface area contributed by atoms with Crippen LogP contribution in [0.5, 0.6) is 0 Å². The van der Waals surface area contributed by atoms with Crippen molar-refractivity contribution in [2.45, 2.75) is 27.7 Å². The Morgan fingerprint density at radius 2 is 1.55 bits per heavy atom. The number of carbonyl (C=O) groups is 1. The lowest BCUT2D eigenvalue weighted by molar-refractivity contribution is 0.103. The van der Waals surface area contributed by atoms with Gasteiger partial charge in [-0.25, -0.2) is 4.39 Å². The van der Waals surface area contributed by atoms with E-state index in [2.05, 4.69) is 6.07 Å². The topological polar surface area (TPSA) is 17.1 Å². The number of rotatable bonds is 2. The quantitative estimate of drug-likeness (QED) is 0.716. The van der Waals surface area contributed by atoms with Gasteiger partial charge in [0.25, 0.3) is 0 Å². The maximum absolute atomic E-state index is 13.5. The molecule has 0 aliphatic heterocycles. The number of aryl methyl sites for hydroxylation is 2. The molecule has 0 fully saturated rings. The standard InChI is InChI=1S/C17H16ClFO/c1-9-7-10(2)12(4)16(11(9)3)17(20)13-5-6-14(18)15(19)8-13/h5-8H,1-4H3. The van der Waals surface area contributed by atoms with Crippen LogP contribution in [0.2, 0.25) is 5.02 Å². The number of ketones is 1. The van der Waals surface area contributed by atoms with Gasteiger partial charge < -0.3 is 0 Å². The van der Waals surface area contributed by atoms with E-state index in [0.29, 0.717) is 11.1 Å². The van der Waals surface area contributed by atoms with Gasteiger partial charge in [0, 0.05) is 11.1 Å². The fourth-order valence-corrected chi connectivity index (χ4v) is 2.46. The van der Waals surface area contributed by atoms with E-state index in [1.165, 1.54) is 12.1 Å². The third kappa shape index (κ3) is 2.48. The van der Waals surface area contributed by atoms with Crippen LogP contribution >= 0.6 is 11.6 Å². The summed E-state index contributed by atoms with van der Waals surface area (Å²) in [6.45, 7) is 7.78. The molecule has 0 radical (unpaired) electrons. The van der Waals surface area contributed by atoms with Gasteiger partial charge in [0.15, 0.2) is 5.78 Å². The second-order valence-electron chi connectivity index (χ2n) is 5.09. The molecule has 0 atom stereocenters. The summed E-state index contributed by atoms with van der Waals surface area (Å²) in [4.78, 5) is 12.6. The number of benzene rings is 2. The van der Waals surface area contributed by atoms with Crippen molar-refractivity contribution in [1.29, 1.82) is 0 Å². The molecule has 2 aromatic rings. The maximum Gasteiger partial charge on any atom is 0.193 e. The molecule has 0 saturated carbocycles. The number of halogens is 2. The van der Waals surface area contributed by atoms with Crippen molar-refractivity contribution in [3.8, 4) is 0 Å². The molecule has 0 aliphatic rings. The monoisotopic (exact) mass is 290 g/mol. The summed E-state index contributed by atoms with van der Waals surface area (Å²) < 4.78 is 13.5. The van der Waals surface area contributed by atoms with E-state index in [1.54, 1.807) is 6.07 Å². The van der Waals surface area contributed by atoms with Gasteiger partial charge in [-0.15, -0.1) is 0 Å². The highest BCUT2D eigenvalue weighted by Gasteiger charge is 2.18. The van der Waals surface area contributed by atoms with E-state index in [0.717, 1.165) is 22.3 Å². The zero-order valence-electron chi connectivity index (χ0n) is 12.0. The molecule has 1 nitrogen and oxygen atoms in total. The maximum atomic E-state index is 13.5. The molecule has 0 spiro atoms. The molecular formula is C17H16ClFO. The Balaban J connectivity index is 2.62. The Bertz CT molecular complexity index is 678. The summed E-state index contributed by atoms with van der Waals surface area (Å²) in [7, 11) is 0. The molecule has 0 saturated heterocycles. The highest BCUT2D eigenvalue weighted by atomic mass is 35.5. The Kier molecular flexibility index (Phi) is 3.96. The largest absolute Gasteiger partial charge is 0.289 e. The minimum Gasteiger partial charge on any atom is -0.289 e. The number of hydrogen-bond donors (Lipinski definition) is 0. The summed E-state index contributed by atoms with van der Waals surface area (Å²) in [6.07, 6.45) is 0. The van der Waals surface area contributed by atoms with Crippen LogP contribution in [-0.4, -0.2) is 5.78 Å². The molecular weight excluding hydrogens is 275 g/mol. The Morgan fingerprint density at radius 3 is 2.05 bits per heavy atom. The molecule has 0 aliphatic carbocycles. The molecule has 104 valence electrons. The van der Waals surface area contributed by atoms with E-state index < -0.39 is 5.82 Å². The molecule has 2 aromatic carbocycles. The minimum atomic E-state index is -0.572. The van der Waals surface area contributed by atoms with Crippen LogP contribution in [0.3, 0.4) is 0 Å². The molecule has 0 aromatic heterocycles. The van der Waals surface area contributed by atoms with E-state index in [9.17, 15) is 9.18 Å². The molecule has 20 heavy (non-hydrogen) atoms. The summed E-state index contributed by atoms with van der Waals surface area (Å²) in [5.41, 5.74) is 4.98. The van der Waals surface area contributed by atoms with E-state index in [-0.39, 0.29) is 10.8 Å². The predicted molar refractivity (Wildman–Crippen MR) is 80.2 cm³/mol. The lowest BCUT2D eigenvalue weighted by atomic mass is 9.89. The van der Waals surface area contributed by atoms with Crippen molar-refractivity contribution in [2.75, 3.05) is 0 Å². The van der Waals surface area contributed by atoms with Gasteiger partial charge in [-0.3, -0.25) is 4.79 Å². The summed E-state index contributed by atoms with van der Waals surface area (Å²) in [5.74, 6) is -0.737. The molecule has 0 amide bonds. The number of hydrogen-bond acceptors (Lipinski definition) is 1. The van der Waals surface area contributed by atoms with Gasteiger partial charge in [0.1, 0.15) is 5.82 Å². The third-order valence-electron chi connectivity index (χ3n) is 3.77. The number of carbonyl (C=O) groups excluding carboxylic acids is 1. The second kappa shape index (κ2) is 5.37. The fourth-order valence-electron chi connectivity index (χ4n) is 2.34. The average molecular weight is 291 g/mol. The lowest BCUT2D eigenvalue weighted by Gasteiger charge is -2.14. The lowest BCUT2D eigenvalue weighted by Crippen LogP contribution is -2.09. The Morgan fingerprint density at radius 1 is 1.00 bits per heavy atom. The Labute approximate surface area is 123 Å². The summed E-state index contributed by atoms with van der Waals surface area (Å²) in [5, 5.41) is 0.0235. The van der Waals surface area contributed by atoms with Crippen molar-refractivity contribution < 1.29 is 9.18 Å². The van der Waals surface area contributed by atoms with E-state index >= 15 is 0 Å². The summed E-state index contributed by atoms with van der Waals surface area (Å²) in [6, 6.07) is 6.23. The normalized spacial score (nSPS) is 10.7. The van der Waals surface area contributed by atoms with Crippen LogP contribution in [0.25, 0.3) is 0 Å². The third-order valence-corrected chi connectivity index (χ3v) is 4.08. The van der Waals surface area contributed by atoms with Crippen LogP contribution in [0.1, 0.15) is 38.2 Å². The van der Waals surface area contributed by atoms with Gasteiger partial charge >= 0.3 is 0 Å². The molecule has 2 rings (SSSR count). The average Bonchev–Trinajstić information content (AvgIpc) is 2.40. The van der Waals surface area contributed by atoms with Gasteiger partial charge in [0.2, 0.25) is 0 Å². The zero-order valence-corrected chi connectivity index (χ0v) is 12.7. The molecule has 3 heteroatoms. The SMILES string of the molecule is Cc1cc(C)c(C)c(C(=O)c2ccc(Cl)c(F)c2)c1C. The molecule has 0 N–H and O–H groups in total. The first-order valence-electron chi connectivity index (χ1n) is 6.40. The van der Waals surface area contributed by atoms with Crippen molar-refractivity contribution >= 4 is 17.4 Å². The highest BCUT2D eigenvalue weighted by Crippen LogP contribution is 2.25. The van der Waals surface area contributed by atoms with Crippen molar-refractivity contribution in [3.63, 3.8) is 0 Å². The first-order valence-corrected chi connectivity index (χ1v) is 6.78. The van der Waals surface area contributed by atoms with Crippen molar-refractivity contribution in [1.82, 2.24) is 0 Å². The second-order valence-corrected chi connectivity index (χ2v) is 5.50. The summed E-state index contributed by atoms with van der Waals surface area (Å²) >= 11 is 5.66. The fraction of sp³-hybridized carbons (Fsp3) is 0.235. The van der Waals surface area contributed by atoms with Crippen LogP contribution in [-0.2, 0) is 0 Å². The zero-order chi connectivity index (χ0) is 15.0. The minimum absolute atomic E-state index is 0.0235. The van der Waals surface area contributed by atoms with Gasteiger partial charge in [-0.2, -0.15) is 0 Å². The highest BCUT2D eigenvalue weighted by molar-refractivity contribution is 6.30. The Hall–Kier alpha value is -1.67. The van der Waals surface area contributed by atoms with Gasteiger partial charge in [-0.05, 0) is 68.1 Å². The van der Waals surface area contributed by atoms with Crippen molar-refractivity contribution in [3.05, 3.63) is 68.5 Å². The van der Waals surface area contributed by atoms with Crippen molar-refractivity contribution in [2.24, 2.45) is 0 Å². The molecule has 0 bridgehead atoms. The van der Waals surface area contributed by atoms with Crippen LogP contribution in [0, 0.1) is 33.5 Å². The first-order chi connectivity index (χ1) is 9.32. The van der Waals surface area contributed by atoms with Crippen LogP contribution in [0.4, 0.5) is 4.39 Å². The van der Waals surface area contributed by atoms with E-state index in [1.807, 2.05) is 27.7 Å². The van der Waals surface area contributed by atoms with E-state index in [4.69, 9.17) is 11.6 Å².